The molecule has 1 unspecified atom stereocenters. The maximum Gasteiger partial charge on any atom is 0.237 e. The topological polar surface area (TPSA) is 54.0 Å². The van der Waals surface area contributed by atoms with Crippen molar-refractivity contribution < 1.29 is 4.79 Å². The Morgan fingerprint density at radius 3 is 2.94 bits per heavy atom. The summed E-state index contributed by atoms with van der Waals surface area (Å²) in [5.41, 5.74) is 1.81. The second-order valence-electron chi connectivity index (χ2n) is 4.91. The molecule has 1 aliphatic rings. The lowest BCUT2D eigenvalue weighted by Crippen LogP contribution is -2.46. The minimum absolute atomic E-state index is 0.117. The number of amides is 1. The molecule has 1 aliphatic carbocycles. The zero-order valence-electron chi connectivity index (χ0n) is 10.8. The molecule has 1 saturated carbocycles. The van der Waals surface area contributed by atoms with Gasteiger partial charge in [0, 0.05) is 23.7 Å². The third-order valence-corrected chi connectivity index (χ3v) is 4.19. The summed E-state index contributed by atoms with van der Waals surface area (Å²) in [5, 5.41) is 6.37. The van der Waals surface area contributed by atoms with Gasteiger partial charge in [0.1, 0.15) is 0 Å². The third kappa shape index (κ3) is 4.07. The van der Waals surface area contributed by atoms with E-state index in [0.717, 1.165) is 17.7 Å². The van der Waals surface area contributed by atoms with Gasteiger partial charge in [-0.2, -0.15) is 0 Å². The number of nitrogens with one attached hydrogen (secondary N) is 2. The highest BCUT2D eigenvalue weighted by Gasteiger charge is 2.19. The van der Waals surface area contributed by atoms with Crippen molar-refractivity contribution in [2.75, 3.05) is 0 Å². The predicted molar refractivity (Wildman–Crippen MR) is 73.4 cm³/mol. The number of carbonyl (C=O) groups is 1. The van der Waals surface area contributed by atoms with Crippen molar-refractivity contribution in [3.8, 4) is 0 Å². The maximum absolute atomic E-state index is 12.0. The molecule has 4 nitrogen and oxygen atoms in total. The lowest BCUT2D eigenvalue weighted by atomic mass is 9.95. The molecule has 1 aromatic rings. The van der Waals surface area contributed by atoms with Gasteiger partial charge >= 0.3 is 0 Å². The third-order valence-electron chi connectivity index (χ3n) is 3.41. The average Bonchev–Trinajstić information content (AvgIpc) is 2.90. The van der Waals surface area contributed by atoms with E-state index in [9.17, 15) is 4.79 Å². The summed E-state index contributed by atoms with van der Waals surface area (Å²) >= 11 is 1.61. The molecule has 1 fully saturated rings. The normalized spacial score (nSPS) is 18.5. The van der Waals surface area contributed by atoms with E-state index in [1.165, 1.54) is 19.3 Å². The fourth-order valence-corrected chi connectivity index (χ4v) is 2.79. The van der Waals surface area contributed by atoms with E-state index in [0.29, 0.717) is 12.6 Å². The highest BCUT2D eigenvalue weighted by molar-refractivity contribution is 7.09. The van der Waals surface area contributed by atoms with Gasteiger partial charge in [-0.3, -0.25) is 9.78 Å². The van der Waals surface area contributed by atoms with Gasteiger partial charge in [0.25, 0.3) is 0 Å². The summed E-state index contributed by atoms with van der Waals surface area (Å²) in [5.74, 6) is 0.117. The second kappa shape index (κ2) is 6.85. The van der Waals surface area contributed by atoms with Crippen LogP contribution in [-0.4, -0.2) is 23.0 Å². The van der Waals surface area contributed by atoms with Crippen LogP contribution in [-0.2, 0) is 11.3 Å². The fourth-order valence-electron chi connectivity index (χ4n) is 2.25. The number of hydrogen-bond acceptors (Lipinski definition) is 4. The first-order valence-corrected chi connectivity index (χ1v) is 7.55. The van der Waals surface area contributed by atoms with Crippen LogP contribution in [0, 0.1) is 0 Å². The van der Waals surface area contributed by atoms with Gasteiger partial charge in [0.05, 0.1) is 11.6 Å². The molecule has 100 valence electrons. The molecular formula is C13H21N3OS. The summed E-state index contributed by atoms with van der Waals surface area (Å²) in [7, 11) is 0. The maximum atomic E-state index is 12.0. The standard InChI is InChI=1S/C13H21N3OS/c1-10(15-8-12-7-14-9-18-12)13(17)16-11-5-3-2-4-6-11/h7,9-11,15H,2-6,8H2,1H3,(H,16,17). The Bertz CT molecular complexity index is 360. The van der Waals surface area contributed by atoms with E-state index in [4.69, 9.17) is 0 Å². The van der Waals surface area contributed by atoms with Crippen LogP contribution in [0.2, 0.25) is 0 Å². The Morgan fingerprint density at radius 2 is 2.28 bits per heavy atom. The van der Waals surface area contributed by atoms with Crippen molar-refractivity contribution in [1.82, 2.24) is 15.6 Å². The molecular weight excluding hydrogens is 246 g/mol. The van der Waals surface area contributed by atoms with Crippen molar-refractivity contribution in [1.29, 1.82) is 0 Å². The summed E-state index contributed by atoms with van der Waals surface area (Å²) in [6.45, 7) is 2.63. The first kappa shape index (κ1) is 13.5. The molecule has 1 heterocycles. The quantitative estimate of drug-likeness (QED) is 0.858. The number of hydrogen-bond donors (Lipinski definition) is 2. The summed E-state index contributed by atoms with van der Waals surface area (Å²) < 4.78 is 0. The molecule has 1 amide bonds. The molecule has 1 aromatic heterocycles. The highest BCUT2D eigenvalue weighted by Crippen LogP contribution is 2.17. The number of aromatic nitrogens is 1. The Morgan fingerprint density at radius 1 is 1.50 bits per heavy atom. The van der Waals surface area contributed by atoms with Crippen molar-refractivity contribution in [3.05, 3.63) is 16.6 Å². The smallest absolute Gasteiger partial charge is 0.237 e. The molecule has 1 atom stereocenters. The van der Waals surface area contributed by atoms with Crippen molar-refractivity contribution >= 4 is 17.2 Å². The molecule has 0 spiro atoms. The second-order valence-corrected chi connectivity index (χ2v) is 5.88. The fraction of sp³-hybridized carbons (Fsp3) is 0.692. The number of nitrogens with zero attached hydrogens (tertiary/aromatic N) is 1. The lowest BCUT2D eigenvalue weighted by Gasteiger charge is -2.24. The van der Waals surface area contributed by atoms with E-state index in [1.807, 2.05) is 18.6 Å². The number of rotatable bonds is 5. The van der Waals surface area contributed by atoms with E-state index in [1.54, 1.807) is 11.3 Å². The van der Waals surface area contributed by atoms with Gasteiger partial charge < -0.3 is 10.6 Å². The average molecular weight is 267 g/mol. The number of thiazole rings is 1. The summed E-state index contributed by atoms with van der Waals surface area (Å²) in [6.07, 6.45) is 7.90. The molecule has 0 saturated heterocycles. The highest BCUT2D eigenvalue weighted by atomic mass is 32.1. The van der Waals surface area contributed by atoms with Gasteiger partial charge in [-0.05, 0) is 19.8 Å². The minimum Gasteiger partial charge on any atom is -0.352 e. The van der Waals surface area contributed by atoms with Crippen molar-refractivity contribution in [2.45, 2.75) is 57.7 Å². The molecule has 5 heteroatoms. The van der Waals surface area contributed by atoms with Crippen LogP contribution in [0.5, 0.6) is 0 Å². The van der Waals surface area contributed by atoms with Gasteiger partial charge in [0.2, 0.25) is 5.91 Å². The molecule has 18 heavy (non-hydrogen) atoms. The largest absolute Gasteiger partial charge is 0.352 e. The summed E-state index contributed by atoms with van der Waals surface area (Å²) in [4.78, 5) is 17.2. The van der Waals surface area contributed by atoms with Gasteiger partial charge in [0.15, 0.2) is 0 Å². The Hall–Kier alpha value is -0.940. The molecule has 0 bridgehead atoms. The van der Waals surface area contributed by atoms with Crippen LogP contribution in [0.1, 0.15) is 43.9 Å². The monoisotopic (exact) mass is 267 g/mol. The Balaban J connectivity index is 1.70. The van der Waals surface area contributed by atoms with Crippen LogP contribution in [0.15, 0.2) is 11.7 Å². The van der Waals surface area contributed by atoms with Crippen LogP contribution in [0.4, 0.5) is 0 Å². The SMILES string of the molecule is CC(NCc1cncs1)C(=O)NC1CCCCC1. The zero-order chi connectivity index (χ0) is 12.8. The zero-order valence-corrected chi connectivity index (χ0v) is 11.6. The van der Waals surface area contributed by atoms with Gasteiger partial charge in [-0.15, -0.1) is 11.3 Å². The van der Waals surface area contributed by atoms with Gasteiger partial charge in [-0.1, -0.05) is 19.3 Å². The first-order valence-electron chi connectivity index (χ1n) is 6.67. The van der Waals surface area contributed by atoms with Crippen LogP contribution in [0.3, 0.4) is 0 Å². The van der Waals surface area contributed by atoms with E-state index in [2.05, 4.69) is 15.6 Å². The molecule has 0 aromatic carbocycles. The first-order chi connectivity index (χ1) is 8.75. The molecule has 2 rings (SSSR count). The Labute approximate surface area is 112 Å². The van der Waals surface area contributed by atoms with Gasteiger partial charge in [-0.25, -0.2) is 0 Å². The predicted octanol–water partition coefficient (Wildman–Crippen LogP) is 2.07. The molecule has 2 N–H and O–H groups in total. The van der Waals surface area contributed by atoms with Crippen LogP contribution < -0.4 is 10.6 Å². The summed E-state index contributed by atoms with van der Waals surface area (Å²) in [6, 6.07) is 0.243. The van der Waals surface area contributed by atoms with E-state index >= 15 is 0 Å². The van der Waals surface area contributed by atoms with E-state index < -0.39 is 0 Å². The lowest BCUT2D eigenvalue weighted by molar-refractivity contribution is -0.123. The van der Waals surface area contributed by atoms with Crippen molar-refractivity contribution in [3.63, 3.8) is 0 Å². The minimum atomic E-state index is -0.144. The van der Waals surface area contributed by atoms with Crippen LogP contribution in [0.25, 0.3) is 0 Å². The van der Waals surface area contributed by atoms with Crippen molar-refractivity contribution in [2.24, 2.45) is 0 Å². The molecule has 0 aliphatic heterocycles. The number of carbonyl (C=O) groups excluding carboxylic acids is 1. The van der Waals surface area contributed by atoms with Crippen LogP contribution >= 0.6 is 11.3 Å². The molecule has 0 radical (unpaired) electrons. The Kier molecular flexibility index (Phi) is 5.13. The van der Waals surface area contributed by atoms with E-state index in [-0.39, 0.29) is 11.9 Å².